The summed E-state index contributed by atoms with van der Waals surface area (Å²) in [6, 6.07) is 7.84. The van der Waals surface area contributed by atoms with Gasteiger partial charge in [0, 0.05) is 13.0 Å². The first-order valence-corrected chi connectivity index (χ1v) is 7.15. The predicted molar refractivity (Wildman–Crippen MR) is 81.2 cm³/mol. The van der Waals surface area contributed by atoms with Gasteiger partial charge >= 0.3 is 0 Å². The molecule has 1 rings (SSSR count). The zero-order chi connectivity index (χ0) is 15.2. The molecule has 0 saturated carbocycles. The van der Waals surface area contributed by atoms with Gasteiger partial charge < -0.3 is 9.47 Å². The highest BCUT2D eigenvalue weighted by atomic mass is 16.5. The Kier molecular flexibility index (Phi) is 6.21. The third-order valence-electron chi connectivity index (χ3n) is 3.23. The molecule has 0 spiro atoms. The highest BCUT2D eigenvalue weighted by Gasteiger charge is 2.31. The molecule has 3 nitrogen and oxygen atoms in total. The second kappa shape index (κ2) is 7.44. The molecular formula is C17H26O3. The molecule has 20 heavy (non-hydrogen) atoms. The van der Waals surface area contributed by atoms with Crippen LogP contribution in [0.25, 0.3) is 0 Å². The molecule has 0 aliphatic rings. The van der Waals surface area contributed by atoms with E-state index in [-0.39, 0.29) is 17.3 Å². The van der Waals surface area contributed by atoms with Gasteiger partial charge in [0.05, 0.1) is 7.11 Å². The summed E-state index contributed by atoms with van der Waals surface area (Å²) in [6.07, 6.45) is 0.919. The molecule has 0 aromatic heterocycles. The molecular weight excluding hydrogens is 252 g/mol. The van der Waals surface area contributed by atoms with Gasteiger partial charge in [0.2, 0.25) is 0 Å². The molecule has 1 atom stereocenters. The second-order valence-corrected chi connectivity index (χ2v) is 6.02. The smallest absolute Gasteiger partial charge is 0.162 e. The minimum Gasteiger partial charge on any atom is -0.497 e. The highest BCUT2D eigenvalue weighted by Crippen LogP contribution is 2.24. The van der Waals surface area contributed by atoms with E-state index >= 15 is 0 Å². The van der Waals surface area contributed by atoms with Gasteiger partial charge in [0.15, 0.2) is 5.78 Å². The van der Waals surface area contributed by atoms with Crippen molar-refractivity contribution < 1.29 is 14.3 Å². The Morgan fingerprint density at radius 2 is 1.80 bits per heavy atom. The fourth-order valence-corrected chi connectivity index (χ4v) is 2.18. The molecule has 0 heterocycles. The summed E-state index contributed by atoms with van der Waals surface area (Å²) in [7, 11) is 1.65. The molecule has 0 amide bonds. The quantitative estimate of drug-likeness (QED) is 0.763. The zero-order valence-electron chi connectivity index (χ0n) is 13.2. The van der Waals surface area contributed by atoms with E-state index in [0.29, 0.717) is 13.0 Å². The minimum absolute atomic E-state index is 0.160. The molecule has 112 valence electrons. The summed E-state index contributed by atoms with van der Waals surface area (Å²) in [5, 5.41) is 0. The molecule has 0 N–H and O–H groups in total. The van der Waals surface area contributed by atoms with E-state index in [1.165, 1.54) is 0 Å². The van der Waals surface area contributed by atoms with Crippen LogP contribution in [0.4, 0.5) is 0 Å². The molecule has 0 saturated heterocycles. The lowest BCUT2D eigenvalue weighted by Gasteiger charge is -2.29. The number of hydrogen-bond acceptors (Lipinski definition) is 3. The van der Waals surface area contributed by atoms with Gasteiger partial charge in [-0.25, -0.2) is 0 Å². The summed E-state index contributed by atoms with van der Waals surface area (Å²) in [6.45, 7) is 8.61. The zero-order valence-corrected chi connectivity index (χ0v) is 13.2. The molecule has 3 heteroatoms. The topological polar surface area (TPSA) is 35.5 Å². The molecule has 0 bridgehead atoms. The summed E-state index contributed by atoms with van der Waals surface area (Å²) in [5.41, 5.74) is 0.982. The Labute approximate surface area is 122 Å². The van der Waals surface area contributed by atoms with Crippen LogP contribution in [-0.2, 0) is 16.0 Å². The van der Waals surface area contributed by atoms with Gasteiger partial charge in [-0.3, -0.25) is 4.79 Å². The van der Waals surface area contributed by atoms with Gasteiger partial charge in [0.25, 0.3) is 0 Å². The van der Waals surface area contributed by atoms with Gasteiger partial charge in [-0.1, -0.05) is 32.9 Å². The lowest BCUT2D eigenvalue weighted by atomic mass is 9.85. The lowest BCUT2D eigenvalue weighted by Crippen LogP contribution is -2.37. The van der Waals surface area contributed by atoms with Gasteiger partial charge in [-0.15, -0.1) is 0 Å². The van der Waals surface area contributed by atoms with E-state index in [2.05, 4.69) is 0 Å². The first-order chi connectivity index (χ1) is 9.38. The molecule has 1 aromatic rings. The van der Waals surface area contributed by atoms with Gasteiger partial charge in [-0.2, -0.15) is 0 Å². The van der Waals surface area contributed by atoms with Crippen LogP contribution in [-0.4, -0.2) is 25.6 Å². The molecule has 0 radical (unpaired) electrons. The van der Waals surface area contributed by atoms with Crippen molar-refractivity contribution in [1.29, 1.82) is 0 Å². The third kappa shape index (κ3) is 4.97. The summed E-state index contributed by atoms with van der Waals surface area (Å²) >= 11 is 0. The van der Waals surface area contributed by atoms with Crippen molar-refractivity contribution in [2.45, 2.75) is 46.6 Å². The average molecular weight is 278 g/mol. The van der Waals surface area contributed by atoms with Crippen LogP contribution in [0.1, 0.15) is 39.7 Å². The largest absolute Gasteiger partial charge is 0.497 e. The number of aryl methyl sites for hydroxylation is 1. The van der Waals surface area contributed by atoms with E-state index in [9.17, 15) is 4.79 Å². The molecule has 0 aliphatic heterocycles. The fourth-order valence-electron chi connectivity index (χ4n) is 2.18. The molecule has 0 aliphatic carbocycles. The van der Waals surface area contributed by atoms with Gasteiger partial charge in [0.1, 0.15) is 11.9 Å². The maximum atomic E-state index is 12.3. The van der Waals surface area contributed by atoms with Crippen LogP contribution >= 0.6 is 0 Å². The number of Topliss-reactive ketones (excluding diaryl/α,β-unsaturated/α-hetero) is 1. The number of hydrogen-bond donors (Lipinski definition) is 0. The normalized spacial score (nSPS) is 13.1. The standard InChI is InChI=1S/C17H26O3/c1-6-20-16(17(2,3)4)15(18)12-9-13-7-10-14(19-5)11-8-13/h7-8,10-11,16H,6,9,12H2,1-5H3. The van der Waals surface area contributed by atoms with Crippen LogP contribution in [0.2, 0.25) is 0 Å². The number of carbonyl (C=O) groups is 1. The average Bonchev–Trinajstić information content (AvgIpc) is 2.41. The Morgan fingerprint density at radius 3 is 2.25 bits per heavy atom. The van der Waals surface area contributed by atoms with Crippen molar-refractivity contribution in [3.05, 3.63) is 29.8 Å². The first kappa shape index (κ1) is 16.7. The van der Waals surface area contributed by atoms with Crippen molar-refractivity contribution in [2.75, 3.05) is 13.7 Å². The Morgan fingerprint density at radius 1 is 1.20 bits per heavy atom. The number of methoxy groups -OCH3 is 1. The van der Waals surface area contributed by atoms with Crippen molar-refractivity contribution in [3.63, 3.8) is 0 Å². The summed E-state index contributed by atoms with van der Waals surface area (Å²) in [4.78, 5) is 12.3. The van der Waals surface area contributed by atoms with E-state index < -0.39 is 0 Å². The number of carbonyl (C=O) groups excluding carboxylic acids is 1. The molecule has 1 aromatic carbocycles. The highest BCUT2D eigenvalue weighted by molar-refractivity contribution is 5.84. The van der Waals surface area contributed by atoms with Crippen molar-refractivity contribution in [1.82, 2.24) is 0 Å². The Balaban J connectivity index is 2.60. The molecule has 0 fully saturated rings. The van der Waals surface area contributed by atoms with Crippen LogP contribution in [0, 0.1) is 5.41 Å². The summed E-state index contributed by atoms with van der Waals surface area (Å²) < 4.78 is 10.7. The third-order valence-corrected chi connectivity index (χ3v) is 3.23. The maximum absolute atomic E-state index is 12.3. The van der Waals surface area contributed by atoms with Gasteiger partial charge in [-0.05, 0) is 36.5 Å². The van der Waals surface area contributed by atoms with E-state index in [1.54, 1.807) is 7.11 Å². The van der Waals surface area contributed by atoms with E-state index in [4.69, 9.17) is 9.47 Å². The van der Waals surface area contributed by atoms with Crippen LogP contribution < -0.4 is 4.74 Å². The van der Waals surface area contributed by atoms with Crippen molar-refractivity contribution in [2.24, 2.45) is 5.41 Å². The number of rotatable bonds is 7. The minimum atomic E-state index is -0.328. The Bertz CT molecular complexity index is 415. The SMILES string of the molecule is CCOC(C(=O)CCc1ccc(OC)cc1)C(C)(C)C. The fraction of sp³-hybridized carbons (Fsp3) is 0.588. The predicted octanol–water partition coefficient (Wildman–Crippen LogP) is 3.65. The van der Waals surface area contributed by atoms with Crippen LogP contribution in [0.5, 0.6) is 5.75 Å². The molecule has 1 unspecified atom stereocenters. The number of benzene rings is 1. The van der Waals surface area contributed by atoms with E-state index in [0.717, 1.165) is 17.7 Å². The first-order valence-electron chi connectivity index (χ1n) is 7.15. The lowest BCUT2D eigenvalue weighted by molar-refractivity contribution is -0.137. The monoisotopic (exact) mass is 278 g/mol. The second-order valence-electron chi connectivity index (χ2n) is 6.02. The van der Waals surface area contributed by atoms with Crippen LogP contribution in [0.15, 0.2) is 24.3 Å². The van der Waals surface area contributed by atoms with Crippen molar-refractivity contribution >= 4 is 5.78 Å². The number of ketones is 1. The number of ether oxygens (including phenoxy) is 2. The Hall–Kier alpha value is -1.35. The summed E-state index contributed by atoms with van der Waals surface area (Å²) in [5.74, 6) is 1.01. The maximum Gasteiger partial charge on any atom is 0.162 e. The van der Waals surface area contributed by atoms with Crippen LogP contribution in [0.3, 0.4) is 0 Å². The van der Waals surface area contributed by atoms with E-state index in [1.807, 2.05) is 52.0 Å². The van der Waals surface area contributed by atoms with Crippen molar-refractivity contribution in [3.8, 4) is 5.75 Å².